The van der Waals surface area contributed by atoms with Crippen LogP contribution in [-0.4, -0.2) is 41.7 Å². The number of hydrogen-bond acceptors (Lipinski definition) is 6. The van der Waals surface area contributed by atoms with Crippen molar-refractivity contribution in [3.63, 3.8) is 0 Å². The van der Waals surface area contributed by atoms with Gasteiger partial charge in [-0.25, -0.2) is 9.37 Å². The van der Waals surface area contributed by atoms with Gasteiger partial charge in [0.05, 0.1) is 12.8 Å². The Labute approximate surface area is 184 Å². The van der Waals surface area contributed by atoms with Crippen molar-refractivity contribution >= 4 is 23.2 Å². The molecule has 32 heavy (non-hydrogen) atoms. The van der Waals surface area contributed by atoms with E-state index in [2.05, 4.69) is 4.98 Å². The van der Waals surface area contributed by atoms with E-state index in [0.717, 1.165) is 6.42 Å². The van der Waals surface area contributed by atoms with Crippen molar-refractivity contribution in [2.24, 2.45) is 5.92 Å². The molecule has 1 saturated heterocycles. The van der Waals surface area contributed by atoms with Crippen molar-refractivity contribution in [3.05, 3.63) is 47.4 Å². The highest BCUT2D eigenvalue weighted by molar-refractivity contribution is 6.04. The summed E-state index contributed by atoms with van der Waals surface area (Å²) in [6.07, 6.45) is 3.98. The molecule has 2 aromatic rings. The van der Waals surface area contributed by atoms with Gasteiger partial charge in [-0.2, -0.15) is 0 Å². The van der Waals surface area contributed by atoms with Crippen LogP contribution in [0.3, 0.4) is 0 Å². The summed E-state index contributed by atoms with van der Waals surface area (Å²) in [4.78, 5) is 41.9. The second-order valence-corrected chi connectivity index (χ2v) is 8.55. The number of nitrogens with zero attached hydrogens (tertiary/aromatic N) is 2. The van der Waals surface area contributed by atoms with E-state index in [1.54, 1.807) is 18.2 Å². The molecule has 1 aliphatic heterocycles. The van der Waals surface area contributed by atoms with Gasteiger partial charge < -0.3 is 14.4 Å². The number of ether oxygens (including phenoxy) is 2. The van der Waals surface area contributed by atoms with E-state index < -0.39 is 11.9 Å². The zero-order valence-corrected chi connectivity index (χ0v) is 17.5. The number of benzene rings is 1. The molecule has 0 radical (unpaired) electrons. The minimum Gasteiger partial charge on any atom is -0.479 e. The Morgan fingerprint density at radius 2 is 1.97 bits per heavy atom. The number of halogens is 1. The zero-order chi connectivity index (χ0) is 22.2. The van der Waals surface area contributed by atoms with E-state index in [0.29, 0.717) is 73.7 Å². The van der Waals surface area contributed by atoms with Gasteiger partial charge >= 0.3 is 0 Å². The third-order valence-electron chi connectivity index (χ3n) is 6.35. The smallest absolute Gasteiger partial charge is 0.268 e. The molecule has 0 bridgehead atoms. The quantitative estimate of drug-likeness (QED) is 0.688. The van der Waals surface area contributed by atoms with Gasteiger partial charge in [-0.05, 0) is 36.6 Å². The Morgan fingerprint density at radius 1 is 1.09 bits per heavy atom. The first kappa shape index (κ1) is 20.6. The minimum atomic E-state index is -0.708. The lowest BCUT2D eigenvalue weighted by Crippen LogP contribution is -2.32. The molecule has 0 spiro atoms. The number of ketones is 2. The Balaban J connectivity index is 1.20. The second kappa shape index (κ2) is 8.33. The Morgan fingerprint density at radius 3 is 2.72 bits per heavy atom. The molecule has 1 aromatic heterocycles. The van der Waals surface area contributed by atoms with Crippen LogP contribution in [0, 0.1) is 11.7 Å². The predicted molar refractivity (Wildman–Crippen MR) is 113 cm³/mol. The first-order chi connectivity index (χ1) is 15.5. The van der Waals surface area contributed by atoms with Crippen molar-refractivity contribution in [1.82, 2.24) is 4.98 Å². The van der Waals surface area contributed by atoms with Gasteiger partial charge in [0.2, 0.25) is 5.88 Å². The SMILES string of the molecule is O=C1CC[C@@H](COc2ccc(O[C@@H]3CCN(c4cc(F)c5c(c4)C(=O)CC5)C3=O)cn2)C1. The fourth-order valence-electron chi connectivity index (χ4n) is 4.60. The van der Waals surface area contributed by atoms with Crippen molar-refractivity contribution in [2.45, 2.75) is 44.6 Å². The fourth-order valence-corrected chi connectivity index (χ4v) is 4.60. The summed E-state index contributed by atoms with van der Waals surface area (Å²) in [7, 11) is 0. The third kappa shape index (κ3) is 3.97. The minimum absolute atomic E-state index is 0.0897. The summed E-state index contributed by atoms with van der Waals surface area (Å²) in [6, 6.07) is 6.29. The highest BCUT2D eigenvalue weighted by Gasteiger charge is 2.36. The summed E-state index contributed by atoms with van der Waals surface area (Å²) in [5, 5.41) is 0. The van der Waals surface area contributed by atoms with Crippen LogP contribution in [0.5, 0.6) is 11.6 Å². The first-order valence-electron chi connectivity index (χ1n) is 10.9. The molecule has 5 rings (SSSR count). The summed E-state index contributed by atoms with van der Waals surface area (Å²) >= 11 is 0. The molecule has 2 fully saturated rings. The normalized spacial score (nSPS) is 22.5. The summed E-state index contributed by atoms with van der Waals surface area (Å²) in [5.74, 6) is 0.580. The van der Waals surface area contributed by atoms with Crippen LogP contribution >= 0.6 is 0 Å². The standard InChI is InChI=1S/C24H23FN2O5/c25-20-11-15(10-19-18(20)4-5-21(19)29)27-8-7-22(24(27)30)32-17-3-6-23(26-12-17)31-13-14-1-2-16(28)9-14/h3,6,10-12,14,22H,1-2,4-5,7-9,13H2/t14-,22-/m1/s1. The molecular formula is C24H23FN2O5. The van der Waals surface area contributed by atoms with Gasteiger partial charge in [0.15, 0.2) is 11.9 Å². The molecule has 2 atom stereocenters. The van der Waals surface area contributed by atoms with Crippen molar-refractivity contribution < 1.29 is 28.2 Å². The lowest BCUT2D eigenvalue weighted by molar-refractivity contribution is -0.123. The average Bonchev–Trinajstić information content (AvgIpc) is 3.47. The van der Waals surface area contributed by atoms with Crippen LogP contribution in [0.2, 0.25) is 0 Å². The summed E-state index contributed by atoms with van der Waals surface area (Å²) in [6.45, 7) is 0.833. The maximum Gasteiger partial charge on any atom is 0.268 e. The largest absolute Gasteiger partial charge is 0.479 e. The lowest BCUT2D eigenvalue weighted by atomic mass is 10.1. The molecule has 8 heteroatoms. The highest BCUT2D eigenvalue weighted by Crippen LogP contribution is 2.32. The number of Topliss-reactive ketones (excluding diaryl/α,β-unsaturated/α-hetero) is 2. The summed E-state index contributed by atoms with van der Waals surface area (Å²) in [5.41, 5.74) is 1.20. The monoisotopic (exact) mass is 438 g/mol. The molecule has 1 saturated carbocycles. The summed E-state index contributed by atoms with van der Waals surface area (Å²) < 4.78 is 25.9. The number of pyridine rings is 1. The van der Waals surface area contributed by atoms with Crippen molar-refractivity contribution in [3.8, 4) is 11.6 Å². The van der Waals surface area contributed by atoms with Crippen LogP contribution in [-0.2, 0) is 16.0 Å². The van der Waals surface area contributed by atoms with Crippen LogP contribution in [0.25, 0.3) is 0 Å². The van der Waals surface area contributed by atoms with E-state index in [4.69, 9.17) is 9.47 Å². The molecule has 0 unspecified atom stereocenters. The molecule has 0 N–H and O–H groups in total. The van der Waals surface area contributed by atoms with Crippen LogP contribution in [0.4, 0.5) is 10.1 Å². The second-order valence-electron chi connectivity index (χ2n) is 8.55. The molecule has 2 aliphatic carbocycles. The van der Waals surface area contributed by atoms with E-state index in [1.165, 1.54) is 17.2 Å². The zero-order valence-electron chi connectivity index (χ0n) is 17.5. The topological polar surface area (TPSA) is 85.8 Å². The molecule has 2 heterocycles. The van der Waals surface area contributed by atoms with Gasteiger partial charge in [-0.3, -0.25) is 14.4 Å². The predicted octanol–water partition coefficient (Wildman–Crippen LogP) is 3.28. The number of anilines is 1. The van der Waals surface area contributed by atoms with E-state index in [9.17, 15) is 18.8 Å². The number of amides is 1. The lowest BCUT2D eigenvalue weighted by Gasteiger charge is -2.18. The molecular weight excluding hydrogens is 415 g/mol. The van der Waals surface area contributed by atoms with Gasteiger partial charge in [-0.15, -0.1) is 0 Å². The number of aromatic nitrogens is 1. The Kier molecular flexibility index (Phi) is 5.36. The van der Waals surface area contributed by atoms with E-state index in [1.807, 2.05) is 0 Å². The number of hydrogen-bond donors (Lipinski definition) is 0. The van der Waals surface area contributed by atoms with Crippen LogP contribution in [0.15, 0.2) is 30.5 Å². The third-order valence-corrected chi connectivity index (χ3v) is 6.35. The van der Waals surface area contributed by atoms with Gasteiger partial charge in [0, 0.05) is 55.5 Å². The van der Waals surface area contributed by atoms with Gasteiger partial charge in [0.25, 0.3) is 5.91 Å². The van der Waals surface area contributed by atoms with Crippen molar-refractivity contribution in [2.75, 3.05) is 18.1 Å². The number of carbonyl (C=O) groups excluding carboxylic acids is 3. The Hall–Kier alpha value is -3.29. The molecule has 3 aliphatic rings. The molecule has 7 nitrogen and oxygen atoms in total. The van der Waals surface area contributed by atoms with Gasteiger partial charge in [-0.1, -0.05) is 0 Å². The molecule has 1 aromatic carbocycles. The Bertz CT molecular complexity index is 1080. The van der Waals surface area contributed by atoms with E-state index >= 15 is 0 Å². The van der Waals surface area contributed by atoms with Crippen LogP contribution < -0.4 is 14.4 Å². The maximum atomic E-state index is 14.4. The molecule has 166 valence electrons. The molecule has 1 amide bonds. The van der Waals surface area contributed by atoms with Gasteiger partial charge in [0.1, 0.15) is 17.3 Å². The van der Waals surface area contributed by atoms with E-state index in [-0.39, 0.29) is 23.4 Å². The van der Waals surface area contributed by atoms with Crippen molar-refractivity contribution in [1.29, 1.82) is 0 Å². The number of fused-ring (bicyclic) bond motifs is 1. The number of rotatable bonds is 6. The number of carbonyl (C=O) groups is 3. The van der Waals surface area contributed by atoms with Crippen LogP contribution in [0.1, 0.15) is 48.0 Å². The fraction of sp³-hybridized carbons (Fsp3) is 0.417. The maximum absolute atomic E-state index is 14.4. The average molecular weight is 438 g/mol. The first-order valence-corrected chi connectivity index (χ1v) is 10.9. The highest BCUT2D eigenvalue weighted by atomic mass is 19.1.